The molecule has 2 heterocycles. The second kappa shape index (κ2) is 4.90. The zero-order valence-electron chi connectivity index (χ0n) is 11.0. The van der Waals surface area contributed by atoms with Gasteiger partial charge in [0.05, 0.1) is 17.9 Å². The monoisotopic (exact) mass is 270 g/mol. The van der Waals surface area contributed by atoms with Crippen molar-refractivity contribution in [3.63, 3.8) is 0 Å². The molecule has 0 bridgehead atoms. The number of nitrogens with two attached hydrogens (primary N) is 1. The maximum atomic E-state index is 11.6. The predicted octanol–water partition coefficient (Wildman–Crippen LogP) is 1.32. The molecule has 102 valence electrons. The van der Waals surface area contributed by atoms with E-state index < -0.39 is 6.10 Å². The summed E-state index contributed by atoms with van der Waals surface area (Å²) >= 11 is 0. The summed E-state index contributed by atoms with van der Waals surface area (Å²) in [6.07, 6.45) is 1.19. The number of nitrogens with zero attached hydrogens (tertiary/aromatic N) is 2. The van der Waals surface area contributed by atoms with Crippen LogP contribution >= 0.6 is 0 Å². The summed E-state index contributed by atoms with van der Waals surface area (Å²) in [6, 6.07) is 7.35. The largest absolute Gasteiger partial charge is 0.479 e. The summed E-state index contributed by atoms with van der Waals surface area (Å²) in [5.74, 6) is 1.09. The number of nitrogens with one attached hydrogen (secondary N) is 1. The van der Waals surface area contributed by atoms with Gasteiger partial charge in [-0.1, -0.05) is 0 Å². The predicted molar refractivity (Wildman–Crippen MR) is 74.1 cm³/mol. The Labute approximate surface area is 116 Å². The first-order chi connectivity index (χ1) is 9.67. The van der Waals surface area contributed by atoms with Crippen molar-refractivity contribution in [2.45, 2.75) is 19.6 Å². The molecule has 0 saturated heterocycles. The van der Waals surface area contributed by atoms with Gasteiger partial charge >= 0.3 is 0 Å². The Balaban J connectivity index is 2.00. The number of hydrogen-bond donors (Lipinski definition) is 2. The third kappa shape index (κ3) is 2.21. The zero-order valence-corrected chi connectivity index (χ0v) is 11.0. The van der Waals surface area contributed by atoms with Crippen molar-refractivity contribution in [2.24, 2.45) is 5.73 Å². The number of benzene rings is 1. The lowest BCUT2D eigenvalue weighted by Gasteiger charge is -2.23. The molecule has 1 aromatic heterocycles. The number of carbonyl (C=O) groups is 1. The van der Waals surface area contributed by atoms with Crippen LogP contribution in [0.1, 0.15) is 12.7 Å². The van der Waals surface area contributed by atoms with Gasteiger partial charge in [-0.2, -0.15) is 0 Å². The van der Waals surface area contributed by atoms with Gasteiger partial charge in [0, 0.05) is 11.8 Å². The Bertz CT molecular complexity index is 672. The fraction of sp³-hybridized carbons (Fsp3) is 0.214. The average Bonchev–Trinajstić information content (AvgIpc) is 2.48. The fourth-order valence-corrected chi connectivity index (χ4v) is 2.03. The van der Waals surface area contributed by atoms with Gasteiger partial charge in [-0.3, -0.25) is 4.79 Å². The molecule has 3 N–H and O–H groups in total. The first kappa shape index (κ1) is 12.6. The second-order valence-corrected chi connectivity index (χ2v) is 4.52. The topological polar surface area (TPSA) is 90.1 Å². The zero-order chi connectivity index (χ0) is 14.1. The van der Waals surface area contributed by atoms with Crippen LogP contribution in [-0.2, 0) is 11.3 Å². The SMILES string of the molecule is CC1Oc2ccc(-c3ccnc(CN)n3)cc2NC1=O. The van der Waals surface area contributed by atoms with Crippen LogP contribution in [0.15, 0.2) is 30.5 Å². The summed E-state index contributed by atoms with van der Waals surface area (Å²) in [5, 5.41) is 2.82. The van der Waals surface area contributed by atoms with Gasteiger partial charge in [-0.15, -0.1) is 0 Å². The van der Waals surface area contributed by atoms with Crippen LogP contribution in [0.5, 0.6) is 5.75 Å². The molecule has 0 fully saturated rings. The van der Waals surface area contributed by atoms with Gasteiger partial charge in [0.25, 0.3) is 5.91 Å². The van der Waals surface area contributed by atoms with E-state index in [0.29, 0.717) is 17.3 Å². The molecular formula is C14H14N4O2. The number of carbonyl (C=O) groups excluding carboxylic acids is 1. The molecule has 0 spiro atoms. The number of rotatable bonds is 2. The van der Waals surface area contributed by atoms with Crippen molar-refractivity contribution >= 4 is 11.6 Å². The van der Waals surface area contributed by atoms with Gasteiger partial charge in [-0.05, 0) is 31.2 Å². The molecule has 20 heavy (non-hydrogen) atoms. The number of ether oxygens (including phenoxy) is 1. The molecule has 3 rings (SSSR count). The highest BCUT2D eigenvalue weighted by Gasteiger charge is 2.23. The molecule has 1 atom stereocenters. The van der Waals surface area contributed by atoms with E-state index >= 15 is 0 Å². The lowest BCUT2D eigenvalue weighted by atomic mass is 10.1. The summed E-state index contributed by atoms with van der Waals surface area (Å²) in [7, 11) is 0. The standard InChI is InChI=1S/C14H14N4O2/c1-8-14(19)18-11-6-9(2-3-12(11)20-8)10-4-5-16-13(7-15)17-10/h2-6,8H,7,15H2,1H3,(H,18,19). The Morgan fingerprint density at radius 2 is 2.25 bits per heavy atom. The molecule has 1 aliphatic heterocycles. The molecule has 1 amide bonds. The van der Waals surface area contributed by atoms with Crippen LogP contribution in [0.3, 0.4) is 0 Å². The molecule has 6 nitrogen and oxygen atoms in total. The van der Waals surface area contributed by atoms with Crippen molar-refractivity contribution in [3.05, 3.63) is 36.3 Å². The molecule has 0 aliphatic carbocycles. The Morgan fingerprint density at radius 3 is 3.05 bits per heavy atom. The van der Waals surface area contributed by atoms with Gasteiger partial charge in [0.15, 0.2) is 6.10 Å². The van der Waals surface area contributed by atoms with Crippen LogP contribution in [0.2, 0.25) is 0 Å². The van der Waals surface area contributed by atoms with Crippen LogP contribution in [0, 0.1) is 0 Å². The highest BCUT2D eigenvalue weighted by molar-refractivity contribution is 5.98. The van der Waals surface area contributed by atoms with Crippen LogP contribution < -0.4 is 15.8 Å². The van der Waals surface area contributed by atoms with Gasteiger partial charge < -0.3 is 15.8 Å². The van der Waals surface area contributed by atoms with E-state index in [1.165, 1.54) is 0 Å². The molecule has 2 aromatic rings. The van der Waals surface area contributed by atoms with E-state index in [4.69, 9.17) is 10.5 Å². The minimum Gasteiger partial charge on any atom is -0.479 e. The first-order valence-corrected chi connectivity index (χ1v) is 6.31. The Hall–Kier alpha value is -2.47. The normalized spacial score (nSPS) is 17.1. The molecule has 1 unspecified atom stereocenters. The minimum atomic E-state index is -0.476. The van der Waals surface area contributed by atoms with E-state index in [1.807, 2.05) is 18.2 Å². The van der Waals surface area contributed by atoms with E-state index in [0.717, 1.165) is 11.3 Å². The lowest BCUT2D eigenvalue weighted by molar-refractivity contribution is -0.122. The number of anilines is 1. The number of amides is 1. The first-order valence-electron chi connectivity index (χ1n) is 6.31. The van der Waals surface area contributed by atoms with Crippen molar-refractivity contribution in [1.82, 2.24) is 9.97 Å². The molecule has 0 radical (unpaired) electrons. The van der Waals surface area contributed by atoms with E-state index in [1.54, 1.807) is 19.2 Å². The lowest BCUT2D eigenvalue weighted by Crippen LogP contribution is -2.34. The van der Waals surface area contributed by atoms with E-state index in [2.05, 4.69) is 15.3 Å². The number of hydrogen-bond acceptors (Lipinski definition) is 5. The minimum absolute atomic E-state index is 0.153. The quantitative estimate of drug-likeness (QED) is 0.859. The maximum absolute atomic E-state index is 11.6. The summed E-state index contributed by atoms with van der Waals surface area (Å²) in [5.41, 5.74) is 7.83. The molecule has 1 aromatic carbocycles. The molecule has 0 saturated carbocycles. The molecular weight excluding hydrogens is 256 g/mol. The van der Waals surface area contributed by atoms with Gasteiger partial charge in [-0.25, -0.2) is 9.97 Å². The Kier molecular flexibility index (Phi) is 3.08. The van der Waals surface area contributed by atoms with Gasteiger partial charge in [0.1, 0.15) is 11.6 Å². The summed E-state index contributed by atoms with van der Waals surface area (Å²) in [6.45, 7) is 2.00. The van der Waals surface area contributed by atoms with E-state index in [9.17, 15) is 4.79 Å². The third-order valence-corrected chi connectivity index (χ3v) is 3.09. The smallest absolute Gasteiger partial charge is 0.265 e. The van der Waals surface area contributed by atoms with Crippen LogP contribution in [-0.4, -0.2) is 22.0 Å². The number of fused-ring (bicyclic) bond motifs is 1. The molecule has 1 aliphatic rings. The van der Waals surface area contributed by atoms with Crippen molar-refractivity contribution in [1.29, 1.82) is 0 Å². The van der Waals surface area contributed by atoms with Crippen molar-refractivity contribution < 1.29 is 9.53 Å². The average molecular weight is 270 g/mol. The van der Waals surface area contributed by atoms with Crippen molar-refractivity contribution in [2.75, 3.05) is 5.32 Å². The number of aromatic nitrogens is 2. The van der Waals surface area contributed by atoms with Crippen LogP contribution in [0.25, 0.3) is 11.3 Å². The molecule has 6 heteroatoms. The third-order valence-electron chi connectivity index (χ3n) is 3.09. The second-order valence-electron chi connectivity index (χ2n) is 4.52. The fourth-order valence-electron chi connectivity index (χ4n) is 2.03. The van der Waals surface area contributed by atoms with Crippen LogP contribution in [0.4, 0.5) is 5.69 Å². The summed E-state index contributed by atoms with van der Waals surface area (Å²) in [4.78, 5) is 20.0. The highest BCUT2D eigenvalue weighted by atomic mass is 16.5. The highest BCUT2D eigenvalue weighted by Crippen LogP contribution is 2.33. The van der Waals surface area contributed by atoms with Crippen molar-refractivity contribution in [3.8, 4) is 17.0 Å². The van der Waals surface area contributed by atoms with E-state index in [-0.39, 0.29) is 12.5 Å². The summed E-state index contributed by atoms with van der Waals surface area (Å²) < 4.78 is 5.52. The van der Waals surface area contributed by atoms with Gasteiger partial charge in [0.2, 0.25) is 0 Å². The Morgan fingerprint density at radius 1 is 1.40 bits per heavy atom. The maximum Gasteiger partial charge on any atom is 0.265 e.